The molecule has 2 heterocycles. The number of sulfonamides is 1. The molecule has 4 rings (SSSR count). The van der Waals surface area contributed by atoms with E-state index in [1.54, 1.807) is 49.6 Å². The number of carbonyl (C=O) groups excluding carboxylic acids is 2. The summed E-state index contributed by atoms with van der Waals surface area (Å²) in [5.74, 6) is 0.230. The van der Waals surface area contributed by atoms with Crippen LogP contribution in [0.1, 0.15) is 28.8 Å². The summed E-state index contributed by atoms with van der Waals surface area (Å²) < 4.78 is 32.8. The minimum Gasteiger partial charge on any atom is -0.496 e. The second-order valence-corrected chi connectivity index (χ2v) is 11.4. The van der Waals surface area contributed by atoms with Crippen LogP contribution in [0.25, 0.3) is 0 Å². The summed E-state index contributed by atoms with van der Waals surface area (Å²) in [5, 5.41) is 2.92. The Labute approximate surface area is 213 Å². The number of ether oxygens (including phenoxy) is 1. The first kappa shape index (κ1) is 26.1. The molecular weight excluding hydrogens is 480 g/mol. The van der Waals surface area contributed by atoms with Crippen molar-refractivity contribution < 1.29 is 22.7 Å². The van der Waals surface area contributed by atoms with Gasteiger partial charge < -0.3 is 19.9 Å². The first-order valence-electron chi connectivity index (χ1n) is 12.2. The molecule has 0 radical (unpaired) electrons. The summed E-state index contributed by atoms with van der Waals surface area (Å²) >= 11 is 0. The molecule has 2 aliphatic rings. The molecule has 9 nitrogen and oxygen atoms in total. The molecule has 2 aromatic carbocycles. The van der Waals surface area contributed by atoms with Gasteiger partial charge >= 0.3 is 0 Å². The highest BCUT2D eigenvalue weighted by Gasteiger charge is 2.32. The molecule has 0 aromatic heterocycles. The van der Waals surface area contributed by atoms with Crippen LogP contribution in [0.5, 0.6) is 5.75 Å². The Morgan fingerprint density at radius 1 is 0.944 bits per heavy atom. The van der Waals surface area contributed by atoms with E-state index >= 15 is 0 Å². The van der Waals surface area contributed by atoms with Crippen LogP contribution in [0.15, 0.2) is 47.4 Å². The molecule has 2 aromatic rings. The molecule has 194 valence electrons. The number of methoxy groups -OCH3 is 1. The van der Waals surface area contributed by atoms with Gasteiger partial charge in [-0.15, -0.1) is 0 Å². The number of hydrogen-bond donors (Lipinski definition) is 1. The van der Waals surface area contributed by atoms with Crippen LogP contribution < -0.4 is 10.1 Å². The van der Waals surface area contributed by atoms with Gasteiger partial charge in [-0.2, -0.15) is 4.31 Å². The smallest absolute Gasteiger partial charge is 0.253 e. The number of rotatable bonds is 6. The second kappa shape index (κ2) is 11.0. The zero-order valence-electron chi connectivity index (χ0n) is 21.1. The van der Waals surface area contributed by atoms with E-state index in [2.05, 4.69) is 10.2 Å². The summed E-state index contributed by atoms with van der Waals surface area (Å²) in [5.41, 5.74) is 1.98. The Balaban J connectivity index is 1.31. The van der Waals surface area contributed by atoms with E-state index < -0.39 is 10.0 Å². The van der Waals surface area contributed by atoms with E-state index in [1.165, 1.54) is 4.31 Å². The van der Waals surface area contributed by atoms with Crippen LogP contribution >= 0.6 is 0 Å². The second-order valence-electron chi connectivity index (χ2n) is 9.47. The Kier molecular flexibility index (Phi) is 7.97. The van der Waals surface area contributed by atoms with Crippen molar-refractivity contribution in [2.45, 2.75) is 24.7 Å². The molecule has 2 fully saturated rings. The van der Waals surface area contributed by atoms with Crippen molar-refractivity contribution in [2.24, 2.45) is 5.92 Å². The van der Waals surface area contributed by atoms with Gasteiger partial charge in [0.15, 0.2) is 0 Å². The minimum absolute atomic E-state index is 0.00149. The number of anilines is 1. The van der Waals surface area contributed by atoms with Crippen molar-refractivity contribution in [3.05, 3.63) is 53.6 Å². The number of likely N-dealkylation sites (N-methyl/N-ethyl adjacent to an activating group) is 1. The molecule has 0 unspecified atom stereocenters. The van der Waals surface area contributed by atoms with E-state index in [4.69, 9.17) is 4.74 Å². The third kappa shape index (κ3) is 5.71. The molecule has 0 bridgehead atoms. The first-order valence-corrected chi connectivity index (χ1v) is 13.7. The molecule has 1 N–H and O–H groups in total. The highest BCUT2D eigenvalue weighted by molar-refractivity contribution is 7.89. The third-order valence-electron chi connectivity index (χ3n) is 7.02. The van der Waals surface area contributed by atoms with E-state index in [9.17, 15) is 18.0 Å². The Hall–Kier alpha value is -2.95. The van der Waals surface area contributed by atoms with Crippen LogP contribution in [0.4, 0.5) is 5.69 Å². The third-order valence-corrected chi connectivity index (χ3v) is 8.91. The molecule has 0 aliphatic carbocycles. The van der Waals surface area contributed by atoms with Crippen LogP contribution in [-0.2, 0) is 14.8 Å². The number of piperazine rings is 1. The van der Waals surface area contributed by atoms with Gasteiger partial charge in [-0.25, -0.2) is 8.42 Å². The lowest BCUT2D eigenvalue weighted by Crippen LogP contribution is -2.47. The van der Waals surface area contributed by atoms with Gasteiger partial charge in [0, 0.05) is 56.4 Å². The molecule has 2 aliphatic heterocycles. The van der Waals surface area contributed by atoms with E-state index in [1.807, 2.05) is 18.9 Å². The lowest BCUT2D eigenvalue weighted by atomic mass is 9.97. The fourth-order valence-corrected chi connectivity index (χ4v) is 6.21. The van der Waals surface area contributed by atoms with Gasteiger partial charge in [-0.3, -0.25) is 9.59 Å². The molecule has 0 spiro atoms. The van der Waals surface area contributed by atoms with E-state index in [0.29, 0.717) is 42.9 Å². The predicted molar refractivity (Wildman–Crippen MR) is 138 cm³/mol. The first-order chi connectivity index (χ1) is 17.2. The lowest BCUT2D eigenvalue weighted by molar-refractivity contribution is -0.120. The zero-order valence-corrected chi connectivity index (χ0v) is 21.9. The van der Waals surface area contributed by atoms with Crippen molar-refractivity contribution in [3.63, 3.8) is 0 Å². The number of piperidine rings is 1. The number of hydrogen-bond acceptors (Lipinski definition) is 6. The van der Waals surface area contributed by atoms with E-state index in [-0.39, 0.29) is 35.7 Å². The fraction of sp³-hybridized carbons (Fsp3) is 0.462. The normalized spacial score (nSPS) is 18.1. The number of nitrogens with one attached hydrogen (secondary N) is 1. The number of amides is 2. The van der Waals surface area contributed by atoms with Crippen molar-refractivity contribution in [2.75, 3.05) is 58.7 Å². The Morgan fingerprint density at radius 2 is 1.58 bits per heavy atom. The van der Waals surface area contributed by atoms with Crippen LogP contribution in [0.3, 0.4) is 0 Å². The Bertz CT molecular complexity index is 1200. The highest BCUT2D eigenvalue weighted by Crippen LogP contribution is 2.28. The van der Waals surface area contributed by atoms with Crippen LogP contribution in [-0.4, -0.2) is 87.8 Å². The van der Waals surface area contributed by atoms with Gasteiger partial charge in [-0.05, 0) is 74.8 Å². The summed E-state index contributed by atoms with van der Waals surface area (Å²) in [6.45, 7) is 5.51. The van der Waals surface area contributed by atoms with Gasteiger partial charge in [0.25, 0.3) is 5.91 Å². The SMILES string of the molecule is COc1ccc(S(=O)(=O)N2CCC(C(=O)Nc3ccc(C(=O)N4CCN(C)CC4)cc3)CC2)cc1C. The molecule has 10 heteroatoms. The molecular formula is C26H34N4O5S. The maximum atomic E-state index is 13.1. The standard InChI is InChI=1S/C26H34N4O5S/c1-19-18-23(8-9-24(19)35-3)36(33,34)30-12-10-20(11-13-30)25(31)27-22-6-4-21(5-7-22)26(32)29-16-14-28(2)15-17-29/h4-9,18,20H,10-17H2,1-3H3,(H,27,31). The maximum absolute atomic E-state index is 13.1. The number of benzene rings is 2. The average molecular weight is 515 g/mol. The van der Waals surface area contributed by atoms with Gasteiger partial charge in [0.2, 0.25) is 15.9 Å². The largest absolute Gasteiger partial charge is 0.496 e. The topological polar surface area (TPSA) is 99.3 Å². The molecule has 36 heavy (non-hydrogen) atoms. The summed E-state index contributed by atoms with van der Waals surface area (Å²) in [4.78, 5) is 29.8. The summed E-state index contributed by atoms with van der Waals surface area (Å²) in [6.07, 6.45) is 0.889. The van der Waals surface area contributed by atoms with Crippen molar-refractivity contribution in [1.29, 1.82) is 0 Å². The lowest BCUT2D eigenvalue weighted by Gasteiger charge is -2.32. The van der Waals surface area contributed by atoms with Crippen molar-refractivity contribution in [3.8, 4) is 5.75 Å². The highest BCUT2D eigenvalue weighted by atomic mass is 32.2. The van der Waals surface area contributed by atoms with Crippen molar-refractivity contribution >= 4 is 27.5 Å². The minimum atomic E-state index is -3.64. The number of aryl methyl sites for hydroxylation is 1. The summed E-state index contributed by atoms with van der Waals surface area (Å²) in [7, 11) is -0.0396. The molecule has 2 saturated heterocycles. The Morgan fingerprint density at radius 3 is 2.17 bits per heavy atom. The molecule has 0 saturated carbocycles. The zero-order chi connectivity index (χ0) is 25.9. The fourth-order valence-electron chi connectivity index (χ4n) is 4.65. The van der Waals surface area contributed by atoms with Crippen molar-refractivity contribution in [1.82, 2.24) is 14.1 Å². The number of carbonyl (C=O) groups is 2. The van der Waals surface area contributed by atoms with E-state index in [0.717, 1.165) is 18.7 Å². The van der Waals surface area contributed by atoms with Crippen LogP contribution in [0.2, 0.25) is 0 Å². The maximum Gasteiger partial charge on any atom is 0.253 e. The van der Waals surface area contributed by atoms with Crippen LogP contribution in [0, 0.1) is 12.8 Å². The summed E-state index contributed by atoms with van der Waals surface area (Å²) in [6, 6.07) is 11.8. The molecule has 2 amide bonds. The average Bonchev–Trinajstić information content (AvgIpc) is 2.89. The van der Waals surface area contributed by atoms with Gasteiger partial charge in [-0.1, -0.05) is 0 Å². The quantitative estimate of drug-likeness (QED) is 0.636. The van der Waals surface area contributed by atoms with Gasteiger partial charge in [0.05, 0.1) is 12.0 Å². The molecule has 0 atom stereocenters. The van der Waals surface area contributed by atoms with Gasteiger partial charge in [0.1, 0.15) is 5.75 Å². The number of nitrogens with zero attached hydrogens (tertiary/aromatic N) is 3. The predicted octanol–water partition coefficient (Wildman–Crippen LogP) is 2.43. The monoisotopic (exact) mass is 514 g/mol.